The molecule has 1 fully saturated rings. The van der Waals surface area contributed by atoms with Crippen molar-refractivity contribution in [2.24, 2.45) is 0 Å². The molecule has 1 aliphatic carbocycles. The summed E-state index contributed by atoms with van der Waals surface area (Å²) in [4.78, 5) is 17.0. The zero-order valence-electron chi connectivity index (χ0n) is 17.7. The summed E-state index contributed by atoms with van der Waals surface area (Å²) >= 11 is 1.27. The number of nitrogens with zero attached hydrogens (tertiary/aromatic N) is 2. The van der Waals surface area contributed by atoms with Crippen LogP contribution in [0.2, 0.25) is 0 Å². The van der Waals surface area contributed by atoms with E-state index in [0.29, 0.717) is 17.2 Å². The Balaban J connectivity index is 1.55. The molecule has 1 amide bonds. The molecule has 1 N–H and O–H groups in total. The molecule has 0 unspecified atom stereocenters. The van der Waals surface area contributed by atoms with E-state index in [-0.39, 0.29) is 23.2 Å². The van der Waals surface area contributed by atoms with Gasteiger partial charge in [-0.05, 0) is 36.6 Å². The Labute approximate surface area is 189 Å². The van der Waals surface area contributed by atoms with Crippen molar-refractivity contribution in [1.29, 1.82) is 0 Å². The number of hydrogen-bond acceptors (Lipinski definition) is 3. The Hall–Kier alpha value is -2.48. The van der Waals surface area contributed by atoms with Crippen molar-refractivity contribution in [3.63, 3.8) is 0 Å². The Morgan fingerprint density at radius 2 is 1.78 bits per heavy atom. The van der Waals surface area contributed by atoms with Crippen LogP contribution in [-0.2, 0) is 17.5 Å². The van der Waals surface area contributed by atoms with E-state index in [2.05, 4.69) is 10.3 Å². The topological polar surface area (TPSA) is 46.9 Å². The molecular formula is C24H26F3N3OS. The third-order valence-electron chi connectivity index (χ3n) is 5.78. The van der Waals surface area contributed by atoms with Crippen molar-refractivity contribution in [1.82, 2.24) is 14.9 Å². The first-order chi connectivity index (χ1) is 15.4. The van der Waals surface area contributed by atoms with Gasteiger partial charge in [-0.1, -0.05) is 67.8 Å². The van der Waals surface area contributed by atoms with Crippen LogP contribution in [0.5, 0.6) is 0 Å². The normalized spacial score (nSPS) is 15.6. The number of benzene rings is 2. The number of carbonyl (C=O) groups excluding carboxylic acids is 1. The minimum Gasteiger partial charge on any atom is -0.353 e. The molecule has 170 valence electrons. The summed E-state index contributed by atoms with van der Waals surface area (Å²) in [6, 6.07) is 13.5. The zero-order chi connectivity index (χ0) is 22.6. The summed E-state index contributed by atoms with van der Waals surface area (Å²) < 4.78 is 41.4. The van der Waals surface area contributed by atoms with Crippen LogP contribution in [0.15, 0.2) is 53.7 Å². The SMILES string of the molecule is O=C(CSc1nc2cc(C(F)(F)F)ccc2n1Cc1ccccc1)NC1CCCCCC1. The van der Waals surface area contributed by atoms with Crippen LogP contribution in [-0.4, -0.2) is 27.3 Å². The highest BCUT2D eigenvalue weighted by Crippen LogP contribution is 2.33. The average molecular weight is 462 g/mol. The van der Waals surface area contributed by atoms with Crippen LogP contribution in [0, 0.1) is 0 Å². The zero-order valence-corrected chi connectivity index (χ0v) is 18.5. The molecule has 32 heavy (non-hydrogen) atoms. The van der Waals surface area contributed by atoms with Gasteiger partial charge in [0.1, 0.15) is 0 Å². The molecule has 4 rings (SSSR count). The highest BCUT2D eigenvalue weighted by Gasteiger charge is 2.31. The second kappa shape index (κ2) is 9.98. The third kappa shape index (κ3) is 5.65. The number of fused-ring (bicyclic) bond motifs is 1. The Bertz CT molecular complexity index is 1060. The van der Waals surface area contributed by atoms with Crippen molar-refractivity contribution in [2.45, 2.75) is 62.4 Å². The molecule has 0 atom stereocenters. The van der Waals surface area contributed by atoms with Crippen molar-refractivity contribution >= 4 is 28.7 Å². The maximum Gasteiger partial charge on any atom is 0.416 e. The molecule has 0 bridgehead atoms. The molecule has 1 aromatic heterocycles. The predicted molar refractivity (Wildman–Crippen MR) is 121 cm³/mol. The van der Waals surface area contributed by atoms with Gasteiger partial charge in [-0.15, -0.1) is 0 Å². The second-order valence-electron chi connectivity index (χ2n) is 8.21. The summed E-state index contributed by atoms with van der Waals surface area (Å²) in [5, 5.41) is 3.66. The van der Waals surface area contributed by atoms with E-state index >= 15 is 0 Å². The second-order valence-corrected chi connectivity index (χ2v) is 9.15. The monoisotopic (exact) mass is 461 g/mol. The number of aromatic nitrogens is 2. The van der Waals surface area contributed by atoms with Gasteiger partial charge in [-0.25, -0.2) is 4.98 Å². The minimum atomic E-state index is -4.43. The molecule has 0 spiro atoms. The highest BCUT2D eigenvalue weighted by atomic mass is 32.2. The van der Waals surface area contributed by atoms with E-state index in [0.717, 1.165) is 43.4 Å². The van der Waals surface area contributed by atoms with Crippen LogP contribution >= 0.6 is 11.8 Å². The van der Waals surface area contributed by atoms with Gasteiger partial charge in [0.05, 0.1) is 28.9 Å². The Kier molecular flexibility index (Phi) is 7.08. The number of rotatable bonds is 6. The van der Waals surface area contributed by atoms with Crippen molar-refractivity contribution < 1.29 is 18.0 Å². The minimum absolute atomic E-state index is 0.0591. The molecule has 4 nitrogen and oxygen atoms in total. The molecule has 1 heterocycles. The first kappa shape index (κ1) is 22.7. The van der Waals surface area contributed by atoms with Crippen molar-refractivity contribution in [2.75, 3.05) is 5.75 Å². The van der Waals surface area contributed by atoms with Gasteiger partial charge >= 0.3 is 6.18 Å². The number of alkyl halides is 3. The van der Waals surface area contributed by atoms with E-state index in [1.54, 1.807) is 0 Å². The number of halogens is 3. The Morgan fingerprint density at radius 3 is 2.47 bits per heavy atom. The quantitative estimate of drug-likeness (QED) is 0.360. The molecular weight excluding hydrogens is 435 g/mol. The van der Waals surface area contributed by atoms with Gasteiger partial charge in [0.2, 0.25) is 5.91 Å². The fraction of sp³-hybridized carbons (Fsp3) is 0.417. The smallest absolute Gasteiger partial charge is 0.353 e. The lowest BCUT2D eigenvalue weighted by molar-refractivity contribution is -0.137. The fourth-order valence-corrected chi connectivity index (χ4v) is 4.96. The molecule has 2 aromatic carbocycles. The first-order valence-corrected chi connectivity index (χ1v) is 11.9. The largest absolute Gasteiger partial charge is 0.416 e. The Morgan fingerprint density at radius 1 is 1.06 bits per heavy atom. The fourth-order valence-electron chi connectivity index (χ4n) is 4.14. The van der Waals surface area contributed by atoms with Crippen LogP contribution in [0.4, 0.5) is 13.2 Å². The molecule has 1 aliphatic rings. The molecule has 1 saturated carbocycles. The van der Waals surface area contributed by atoms with Gasteiger partial charge in [0, 0.05) is 6.04 Å². The molecule has 3 aromatic rings. The number of imidazole rings is 1. The summed E-state index contributed by atoms with van der Waals surface area (Å²) in [6.07, 6.45) is 2.27. The third-order valence-corrected chi connectivity index (χ3v) is 6.75. The lowest BCUT2D eigenvalue weighted by Gasteiger charge is -2.16. The molecule has 0 saturated heterocycles. The van der Waals surface area contributed by atoms with E-state index in [1.807, 2.05) is 34.9 Å². The van der Waals surface area contributed by atoms with Crippen LogP contribution in [0.3, 0.4) is 0 Å². The van der Waals surface area contributed by atoms with Crippen molar-refractivity contribution in [3.8, 4) is 0 Å². The summed E-state index contributed by atoms with van der Waals surface area (Å²) in [5.41, 5.74) is 1.18. The number of hydrogen-bond donors (Lipinski definition) is 1. The van der Waals surface area contributed by atoms with E-state index in [9.17, 15) is 18.0 Å². The summed E-state index contributed by atoms with van der Waals surface area (Å²) in [5.74, 6) is 0.122. The number of nitrogens with one attached hydrogen (secondary N) is 1. The molecule has 0 radical (unpaired) electrons. The highest BCUT2D eigenvalue weighted by molar-refractivity contribution is 7.99. The van der Waals surface area contributed by atoms with Crippen LogP contribution < -0.4 is 5.32 Å². The van der Waals surface area contributed by atoms with Gasteiger partial charge in [0.25, 0.3) is 0 Å². The maximum atomic E-state index is 13.2. The van der Waals surface area contributed by atoms with Gasteiger partial charge in [-0.2, -0.15) is 13.2 Å². The summed E-state index contributed by atoms with van der Waals surface area (Å²) in [6.45, 7) is 0.468. The summed E-state index contributed by atoms with van der Waals surface area (Å²) in [7, 11) is 0. The average Bonchev–Trinajstić information content (AvgIpc) is 2.92. The predicted octanol–water partition coefficient (Wildman–Crippen LogP) is 6.03. The lowest BCUT2D eigenvalue weighted by atomic mass is 10.1. The van der Waals surface area contributed by atoms with Gasteiger partial charge in [-0.3, -0.25) is 4.79 Å². The number of thioether (sulfide) groups is 1. The van der Waals surface area contributed by atoms with Crippen LogP contribution in [0.1, 0.15) is 49.7 Å². The van der Waals surface area contributed by atoms with Gasteiger partial charge < -0.3 is 9.88 Å². The van der Waals surface area contributed by atoms with Gasteiger partial charge in [0.15, 0.2) is 5.16 Å². The lowest BCUT2D eigenvalue weighted by Crippen LogP contribution is -2.35. The maximum absolute atomic E-state index is 13.2. The van der Waals surface area contributed by atoms with Crippen LogP contribution in [0.25, 0.3) is 11.0 Å². The molecule has 8 heteroatoms. The van der Waals surface area contributed by atoms with E-state index in [4.69, 9.17) is 0 Å². The standard InChI is InChI=1S/C24H26F3N3OS/c25-24(26,27)18-12-13-21-20(14-18)29-23(30(21)15-17-8-4-3-5-9-17)32-16-22(31)28-19-10-6-1-2-7-11-19/h3-5,8-9,12-14,19H,1-2,6-7,10-11,15-16H2,(H,28,31). The van der Waals surface area contributed by atoms with E-state index < -0.39 is 11.7 Å². The van der Waals surface area contributed by atoms with Crippen molar-refractivity contribution in [3.05, 3.63) is 59.7 Å². The molecule has 0 aliphatic heterocycles. The first-order valence-electron chi connectivity index (χ1n) is 10.9. The van der Waals surface area contributed by atoms with E-state index in [1.165, 1.54) is 30.7 Å². The number of amides is 1. The number of carbonyl (C=O) groups is 1.